The Kier molecular flexibility index (Phi) is 3.13. The second-order valence-corrected chi connectivity index (χ2v) is 3.78. The van der Waals surface area contributed by atoms with Gasteiger partial charge < -0.3 is 0 Å². The molecule has 1 aromatic rings. The van der Waals surface area contributed by atoms with Crippen molar-refractivity contribution in [1.29, 1.82) is 5.26 Å². The van der Waals surface area contributed by atoms with Crippen molar-refractivity contribution in [1.82, 2.24) is 0 Å². The fraction of sp³-hybridized carbons (Fsp3) is 0.222. The van der Waals surface area contributed by atoms with Gasteiger partial charge in [-0.05, 0) is 30.2 Å². The predicted octanol–water partition coefficient (Wildman–Crippen LogP) is 3.48. The molecule has 1 aromatic carbocycles. The van der Waals surface area contributed by atoms with Crippen LogP contribution in [0.2, 0.25) is 5.02 Å². The molecule has 0 atom stereocenters. The summed E-state index contributed by atoms with van der Waals surface area (Å²) in [6.07, 6.45) is 0.401. The summed E-state index contributed by atoms with van der Waals surface area (Å²) < 4.78 is 0.959. The van der Waals surface area contributed by atoms with Gasteiger partial charge in [0.2, 0.25) is 0 Å². The maximum absolute atomic E-state index is 8.46. The minimum Gasteiger partial charge on any atom is -0.198 e. The number of halogens is 2. The van der Waals surface area contributed by atoms with Gasteiger partial charge in [-0.1, -0.05) is 27.5 Å². The molecule has 0 aliphatic heterocycles. The topological polar surface area (TPSA) is 23.8 Å². The molecule has 0 unspecified atom stereocenters. The zero-order chi connectivity index (χ0) is 9.14. The lowest BCUT2D eigenvalue weighted by Crippen LogP contribution is -1.85. The fourth-order valence-electron chi connectivity index (χ4n) is 0.891. The standard InChI is InChI=1S/C9H7BrClN/c1-6-8(10)4-7(2-3-12)5-9(6)11/h4-5H,2H2,1H3. The lowest BCUT2D eigenvalue weighted by atomic mass is 10.1. The molecule has 0 spiro atoms. The van der Waals surface area contributed by atoms with Gasteiger partial charge in [-0.2, -0.15) is 5.26 Å². The molecule has 0 bridgehead atoms. The molecule has 0 fully saturated rings. The molecule has 0 heterocycles. The van der Waals surface area contributed by atoms with Gasteiger partial charge in [-0.25, -0.2) is 0 Å². The highest BCUT2D eigenvalue weighted by Gasteiger charge is 2.02. The summed E-state index contributed by atoms with van der Waals surface area (Å²) in [6.45, 7) is 1.93. The van der Waals surface area contributed by atoms with E-state index in [9.17, 15) is 0 Å². The monoisotopic (exact) mass is 243 g/mol. The average Bonchev–Trinajstić information content (AvgIpc) is 2.01. The molecule has 1 rings (SSSR count). The quantitative estimate of drug-likeness (QED) is 0.742. The van der Waals surface area contributed by atoms with Crippen molar-refractivity contribution in [3.8, 4) is 6.07 Å². The molecule has 0 radical (unpaired) electrons. The highest BCUT2D eigenvalue weighted by atomic mass is 79.9. The fourth-order valence-corrected chi connectivity index (χ4v) is 1.75. The van der Waals surface area contributed by atoms with Crippen LogP contribution in [-0.4, -0.2) is 0 Å². The second-order valence-electron chi connectivity index (χ2n) is 2.52. The summed E-state index contributed by atoms with van der Waals surface area (Å²) in [6, 6.07) is 5.82. The van der Waals surface area contributed by atoms with E-state index in [1.165, 1.54) is 0 Å². The summed E-state index contributed by atoms with van der Waals surface area (Å²) in [5.41, 5.74) is 1.96. The molecule has 0 N–H and O–H groups in total. The summed E-state index contributed by atoms with van der Waals surface area (Å²) in [5.74, 6) is 0. The Morgan fingerprint density at radius 3 is 2.75 bits per heavy atom. The maximum Gasteiger partial charge on any atom is 0.0669 e. The number of hydrogen-bond donors (Lipinski definition) is 0. The van der Waals surface area contributed by atoms with Crippen molar-refractivity contribution in [2.45, 2.75) is 13.3 Å². The summed E-state index contributed by atoms with van der Waals surface area (Å²) in [5, 5.41) is 9.17. The molecule has 1 nitrogen and oxygen atoms in total. The van der Waals surface area contributed by atoms with Crippen LogP contribution in [0.3, 0.4) is 0 Å². The zero-order valence-corrected chi connectivity index (χ0v) is 8.91. The van der Waals surface area contributed by atoms with Gasteiger partial charge in [0.05, 0.1) is 12.5 Å². The van der Waals surface area contributed by atoms with E-state index in [2.05, 4.69) is 22.0 Å². The Bertz CT molecular complexity index is 318. The minimum absolute atomic E-state index is 0.401. The van der Waals surface area contributed by atoms with E-state index in [0.717, 1.165) is 15.6 Å². The van der Waals surface area contributed by atoms with Gasteiger partial charge in [0, 0.05) is 9.50 Å². The van der Waals surface area contributed by atoms with E-state index < -0.39 is 0 Å². The zero-order valence-electron chi connectivity index (χ0n) is 6.56. The van der Waals surface area contributed by atoms with E-state index in [1.54, 1.807) is 0 Å². The minimum atomic E-state index is 0.401. The van der Waals surface area contributed by atoms with Crippen LogP contribution in [0, 0.1) is 18.3 Å². The summed E-state index contributed by atoms with van der Waals surface area (Å²) in [4.78, 5) is 0. The van der Waals surface area contributed by atoms with Crippen LogP contribution in [0.15, 0.2) is 16.6 Å². The maximum atomic E-state index is 8.46. The van der Waals surface area contributed by atoms with E-state index in [1.807, 2.05) is 19.1 Å². The SMILES string of the molecule is Cc1c(Cl)cc(CC#N)cc1Br. The van der Waals surface area contributed by atoms with Gasteiger partial charge in [-0.3, -0.25) is 0 Å². The van der Waals surface area contributed by atoms with E-state index in [4.69, 9.17) is 16.9 Å². The van der Waals surface area contributed by atoms with Crippen molar-refractivity contribution in [3.63, 3.8) is 0 Å². The largest absolute Gasteiger partial charge is 0.198 e. The average molecular weight is 245 g/mol. The van der Waals surface area contributed by atoms with Crippen LogP contribution in [0.5, 0.6) is 0 Å². The third-order valence-electron chi connectivity index (χ3n) is 1.62. The van der Waals surface area contributed by atoms with Crippen LogP contribution < -0.4 is 0 Å². The number of rotatable bonds is 1. The summed E-state index contributed by atoms with van der Waals surface area (Å²) in [7, 11) is 0. The van der Waals surface area contributed by atoms with Crippen molar-refractivity contribution >= 4 is 27.5 Å². The van der Waals surface area contributed by atoms with Crippen molar-refractivity contribution < 1.29 is 0 Å². The molecule has 12 heavy (non-hydrogen) atoms. The Morgan fingerprint density at radius 2 is 2.25 bits per heavy atom. The molecule has 0 amide bonds. The first-order valence-electron chi connectivity index (χ1n) is 3.46. The van der Waals surface area contributed by atoms with Crippen molar-refractivity contribution in [2.24, 2.45) is 0 Å². The smallest absolute Gasteiger partial charge is 0.0669 e. The first kappa shape index (κ1) is 9.57. The Balaban J connectivity index is 3.14. The van der Waals surface area contributed by atoms with Crippen LogP contribution in [0.25, 0.3) is 0 Å². The highest BCUT2D eigenvalue weighted by Crippen LogP contribution is 2.25. The molecule has 0 aromatic heterocycles. The lowest BCUT2D eigenvalue weighted by molar-refractivity contribution is 1.24. The van der Waals surface area contributed by atoms with Gasteiger partial charge in [0.15, 0.2) is 0 Å². The Morgan fingerprint density at radius 1 is 1.58 bits per heavy atom. The molecule has 0 aliphatic rings. The van der Waals surface area contributed by atoms with Gasteiger partial charge in [-0.15, -0.1) is 0 Å². The molecule has 62 valence electrons. The van der Waals surface area contributed by atoms with Gasteiger partial charge in [0.25, 0.3) is 0 Å². The molecule has 3 heteroatoms. The highest BCUT2D eigenvalue weighted by molar-refractivity contribution is 9.10. The third kappa shape index (κ3) is 2.00. The van der Waals surface area contributed by atoms with Crippen LogP contribution >= 0.6 is 27.5 Å². The second kappa shape index (κ2) is 3.93. The van der Waals surface area contributed by atoms with Crippen LogP contribution in [0.1, 0.15) is 11.1 Å². The summed E-state index contributed by atoms with van der Waals surface area (Å²) >= 11 is 9.29. The normalized spacial score (nSPS) is 9.50. The molecular weight excluding hydrogens is 237 g/mol. The Labute approximate surface area is 85.1 Å². The number of benzene rings is 1. The number of hydrogen-bond acceptors (Lipinski definition) is 1. The molecule has 0 saturated carbocycles. The van der Waals surface area contributed by atoms with Crippen molar-refractivity contribution in [2.75, 3.05) is 0 Å². The molecule has 0 saturated heterocycles. The Hall–Kier alpha value is -0.520. The first-order valence-corrected chi connectivity index (χ1v) is 4.63. The van der Waals surface area contributed by atoms with E-state index >= 15 is 0 Å². The van der Waals surface area contributed by atoms with Crippen molar-refractivity contribution in [3.05, 3.63) is 32.8 Å². The van der Waals surface area contributed by atoms with Crippen LogP contribution in [0.4, 0.5) is 0 Å². The third-order valence-corrected chi connectivity index (χ3v) is 2.84. The number of nitriles is 1. The number of nitrogens with zero attached hydrogens (tertiary/aromatic N) is 1. The molecular formula is C9H7BrClN. The van der Waals surface area contributed by atoms with E-state index in [0.29, 0.717) is 11.4 Å². The van der Waals surface area contributed by atoms with Gasteiger partial charge in [0.1, 0.15) is 0 Å². The molecule has 0 aliphatic carbocycles. The first-order chi connectivity index (χ1) is 5.65. The van der Waals surface area contributed by atoms with Gasteiger partial charge >= 0.3 is 0 Å². The lowest BCUT2D eigenvalue weighted by Gasteiger charge is -2.03. The van der Waals surface area contributed by atoms with E-state index in [-0.39, 0.29) is 0 Å². The van der Waals surface area contributed by atoms with Crippen LogP contribution in [-0.2, 0) is 6.42 Å². The predicted molar refractivity (Wildman–Crippen MR) is 53.2 cm³/mol.